The predicted molar refractivity (Wildman–Crippen MR) is 89.0 cm³/mol. The van der Waals surface area contributed by atoms with Crippen LogP contribution in [-0.2, 0) is 0 Å². The van der Waals surface area contributed by atoms with Gasteiger partial charge in [0.05, 0.1) is 12.2 Å². The Morgan fingerprint density at radius 1 is 1.17 bits per heavy atom. The molecule has 0 aliphatic carbocycles. The quantitative estimate of drug-likeness (QED) is 0.809. The van der Waals surface area contributed by atoms with Gasteiger partial charge in [-0.2, -0.15) is 10.5 Å². The normalized spacial score (nSPS) is 14.4. The number of nitrogens with zero attached hydrogens (tertiary/aromatic N) is 4. The molecule has 2 aromatic rings. The summed E-state index contributed by atoms with van der Waals surface area (Å²) in [7, 11) is 1.78. The van der Waals surface area contributed by atoms with Crippen LogP contribution in [-0.4, -0.2) is 18.2 Å². The lowest BCUT2D eigenvalue weighted by molar-refractivity contribution is 1.03. The molecule has 0 saturated heterocycles. The highest BCUT2D eigenvalue weighted by Gasteiger charge is 2.31. The largest absolute Gasteiger partial charge is 0.354 e. The molecule has 0 bridgehead atoms. The smallest absolute Gasteiger partial charge is 0.275 e. The second kappa shape index (κ2) is 5.64. The molecule has 0 amide bonds. The zero-order valence-corrected chi connectivity index (χ0v) is 13.0. The Hall–Kier alpha value is -3.02. The minimum absolute atomic E-state index is 0.0529. The lowest BCUT2D eigenvalue weighted by atomic mass is 9.96. The summed E-state index contributed by atoms with van der Waals surface area (Å²) in [6, 6.07) is 13.1. The van der Waals surface area contributed by atoms with Crippen LogP contribution in [0.1, 0.15) is 11.1 Å². The monoisotopic (exact) mass is 322 g/mol. The molecule has 1 aliphatic rings. The first-order chi connectivity index (χ1) is 11.1. The van der Waals surface area contributed by atoms with E-state index in [4.69, 9.17) is 11.6 Å². The minimum atomic E-state index is -0.461. The molecule has 23 heavy (non-hydrogen) atoms. The number of pyridine rings is 1. The summed E-state index contributed by atoms with van der Waals surface area (Å²) in [5.74, 6) is 0.460. The van der Waals surface area contributed by atoms with Crippen LogP contribution < -0.4 is 10.5 Å². The van der Waals surface area contributed by atoms with Crippen molar-refractivity contribution in [2.75, 3.05) is 18.5 Å². The number of rotatable bonds is 1. The van der Waals surface area contributed by atoms with E-state index in [0.29, 0.717) is 34.8 Å². The summed E-state index contributed by atoms with van der Waals surface area (Å²) in [5.41, 5.74) is 2.66. The minimum Gasteiger partial charge on any atom is -0.354 e. The van der Waals surface area contributed by atoms with Crippen LogP contribution in [0, 0.1) is 22.7 Å². The van der Waals surface area contributed by atoms with Gasteiger partial charge in [-0.05, 0) is 5.56 Å². The van der Waals surface area contributed by atoms with E-state index in [1.165, 1.54) is 10.1 Å². The summed E-state index contributed by atoms with van der Waals surface area (Å²) in [4.78, 5) is 14.6. The molecule has 5 nitrogen and oxygen atoms in total. The van der Waals surface area contributed by atoms with Crippen molar-refractivity contribution in [1.29, 1.82) is 10.5 Å². The fourth-order valence-corrected chi connectivity index (χ4v) is 3.03. The highest BCUT2D eigenvalue weighted by atomic mass is 35.5. The van der Waals surface area contributed by atoms with Gasteiger partial charge in [0.15, 0.2) is 0 Å². The van der Waals surface area contributed by atoms with E-state index in [-0.39, 0.29) is 5.56 Å². The number of halogens is 1. The van der Waals surface area contributed by atoms with Gasteiger partial charge >= 0.3 is 0 Å². The van der Waals surface area contributed by atoms with Crippen LogP contribution >= 0.6 is 11.6 Å². The van der Waals surface area contributed by atoms with Gasteiger partial charge < -0.3 is 4.90 Å². The van der Waals surface area contributed by atoms with E-state index < -0.39 is 5.56 Å². The first kappa shape index (κ1) is 14.9. The predicted octanol–water partition coefficient (Wildman–Crippen LogP) is 2.75. The molecule has 0 N–H and O–H groups in total. The molecule has 6 heteroatoms. The van der Waals surface area contributed by atoms with E-state index in [1.54, 1.807) is 36.2 Å². The lowest BCUT2D eigenvalue weighted by Gasteiger charge is -2.16. The van der Waals surface area contributed by atoms with Crippen LogP contribution in [0.5, 0.6) is 0 Å². The van der Waals surface area contributed by atoms with Gasteiger partial charge in [-0.15, -0.1) is 0 Å². The number of likely N-dealkylation sites (N-methyl/N-ethyl adjacent to an activating group) is 1. The SMILES string of the molecule is CN1C/C(=C/Cl)n2c1c(C#N)c(-c1ccccc1)c(C#N)c2=O. The topological polar surface area (TPSA) is 72.8 Å². The number of fused-ring (bicyclic) bond motifs is 1. The highest BCUT2D eigenvalue weighted by molar-refractivity contribution is 6.27. The van der Waals surface area contributed by atoms with Crippen molar-refractivity contribution in [3.63, 3.8) is 0 Å². The molecule has 1 aromatic heterocycles. The number of nitriles is 2. The molecule has 1 aliphatic heterocycles. The third-order valence-electron chi connectivity index (χ3n) is 3.81. The first-order valence-corrected chi connectivity index (χ1v) is 7.27. The Bertz CT molecular complexity index is 961. The average molecular weight is 323 g/mol. The van der Waals surface area contributed by atoms with Crippen molar-refractivity contribution in [2.24, 2.45) is 0 Å². The molecule has 0 fully saturated rings. The van der Waals surface area contributed by atoms with Crippen LogP contribution in [0.4, 0.5) is 5.82 Å². The molecule has 1 aromatic carbocycles. The van der Waals surface area contributed by atoms with Gasteiger partial charge in [0.1, 0.15) is 29.1 Å². The molecule has 112 valence electrons. The van der Waals surface area contributed by atoms with Gasteiger partial charge in [-0.1, -0.05) is 41.9 Å². The Morgan fingerprint density at radius 3 is 2.39 bits per heavy atom. The standard InChI is InChI=1S/C17H11ClN4O/c1-21-10-12(7-18)22-16(21)13(8-19)15(14(9-20)17(22)23)11-5-3-2-4-6-11/h2-7H,10H2,1H3/b12-7-. The molecular formula is C17H11ClN4O. The second-order valence-electron chi connectivity index (χ2n) is 5.14. The number of hydrogen-bond donors (Lipinski definition) is 0. The zero-order valence-electron chi connectivity index (χ0n) is 12.2. The maximum Gasteiger partial charge on any atom is 0.275 e. The van der Waals surface area contributed by atoms with E-state index in [2.05, 4.69) is 6.07 Å². The summed E-state index contributed by atoms with van der Waals surface area (Å²) in [5, 5.41) is 19.2. The Kier molecular flexibility index (Phi) is 3.65. The maximum absolute atomic E-state index is 12.8. The molecule has 3 rings (SSSR count). The van der Waals surface area contributed by atoms with Crippen molar-refractivity contribution in [2.45, 2.75) is 0 Å². The van der Waals surface area contributed by atoms with Crippen molar-refractivity contribution in [3.05, 3.63) is 57.3 Å². The van der Waals surface area contributed by atoms with Crippen molar-refractivity contribution in [3.8, 4) is 23.3 Å². The zero-order chi connectivity index (χ0) is 16.6. The molecule has 0 radical (unpaired) electrons. The number of benzene rings is 1. The van der Waals surface area contributed by atoms with Crippen molar-refractivity contribution < 1.29 is 0 Å². The van der Waals surface area contributed by atoms with Gasteiger partial charge in [0, 0.05) is 18.1 Å². The Balaban J connectivity index is 2.52. The van der Waals surface area contributed by atoms with Gasteiger partial charge in [0.2, 0.25) is 0 Å². The highest BCUT2D eigenvalue weighted by Crippen LogP contribution is 2.36. The van der Waals surface area contributed by atoms with Crippen molar-refractivity contribution >= 4 is 23.1 Å². The molecule has 0 unspecified atom stereocenters. The fraction of sp³-hybridized carbons (Fsp3) is 0.118. The van der Waals surface area contributed by atoms with Crippen molar-refractivity contribution in [1.82, 2.24) is 4.57 Å². The van der Waals surface area contributed by atoms with Crippen LogP contribution in [0.25, 0.3) is 16.8 Å². The van der Waals surface area contributed by atoms with Gasteiger partial charge in [-0.25, -0.2) is 0 Å². The lowest BCUT2D eigenvalue weighted by Crippen LogP contribution is -2.23. The van der Waals surface area contributed by atoms with Gasteiger partial charge in [0.25, 0.3) is 5.56 Å². The van der Waals surface area contributed by atoms with E-state index in [1.807, 2.05) is 12.1 Å². The second-order valence-corrected chi connectivity index (χ2v) is 5.35. The van der Waals surface area contributed by atoms with E-state index in [9.17, 15) is 15.3 Å². The molecule has 2 heterocycles. The Labute approximate surface area is 137 Å². The summed E-state index contributed by atoms with van der Waals surface area (Å²) in [6.07, 6.45) is 0. The third kappa shape index (κ3) is 2.11. The molecular weight excluding hydrogens is 312 g/mol. The number of anilines is 1. The summed E-state index contributed by atoms with van der Waals surface area (Å²) in [6.45, 7) is 0.399. The molecule has 0 spiro atoms. The van der Waals surface area contributed by atoms with Crippen LogP contribution in [0.15, 0.2) is 40.7 Å². The van der Waals surface area contributed by atoms with Gasteiger partial charge in [-0.3, -0.25) is 9.36 Å². The molecule has 0 atom stereocenters. The average Bonchev–Trinajstić information content (AvgIpc) is 2.92. The van der Waals surface area contributed by atoms with E-state index >= 15 is 0 Å². The summed E-state index contributed by atoms with van der Waals surface area (Å²) >= 11 is 5.81. The third-order valence-corrected chi connectivity index (χ3v) is 4.06. The fourth-order valence-electron chi connectivity index (χ4n) is 2.87. The number of hydrogen-bond acceptors (Lipinski definition) is 4. The maximum atomic E-state index is 12.8. The Morgan fingerprint density at radius 2 is 1.83 bits per heavy atom. The van der Waals surface area contributed by atoms with Crippen LogP contribution in [0.2, 0.25) is 0 Å². The summed E-state index contributed by atoms with van der Waals surface area (Å²) < 4.78 is 1.34. The van der Waals surface area contributed by atoms with E-state index in [0.717, 1.165) is 0 Å². The first-order valence-electron chi connectivity index (χ1n) is 6.83. The number of aromatic nitrogens is 1. The molecule has 0 saturated carbocycles. The van der Waals surface area contributed by atoms with Crippen LogP contribution in [0.3, 0.4) is 0 Å².